The number of aliphatic hydroxyl groups excluding tert-OH is 6. The Bertz CT molecular complexity index is 1870. The summed E-state index contributed by atoms with van der Waals surface area (Å²) in [5.74, 6) is -6.54. The molecule has 0 radical (unpaired) electrons. The molecule has 2 aliphatic carbocycles. The lowest BCUT2D eigenvalue weighted by molar-refractivity contribution is -0.416. The van der Waals surface area contributed by atoms with Gasteiger partial charge in [-0.15, -0.1) is 0 Å². The first-order chi connectivity index (χ1) is 32.3. The second-order valence-electron chi connectivity index (χ2n) is 17.5. The van der Waals surface area contributed by atoms with E-state index >= 15 is 0 Å². The van der Waals surface area contributed by atoms with Crippen molar-refractivity contribution >= 4 is 39.5 Å². The molecule has 6 aliphatic rings. The number of nitrogens with zero attached hydrogens (tertiary/aromatic N) is 2. The third-order valence-corrected chi connectivity index (χ3v) is 15.6. The molecule has 0 aromatic carbocycles. The monoisotopic (exact) mass is 985 g/mol. The van der Waals surface area contributed by atoms with E-state index in [2.05, 4.69) is 15.6 Å². The van der Waals surface area contributed by atoms with Crippen LogP contribution in [0.2, 0.25) is 0 Å². The minimum Gasteiger partial charge on any atom is -0.478 e. The van der Waals surface area contributed by atoms with E-state index < -0.39 is 92.0 Å². The van der Waals surface area contributed by atoms with Gasteiger partial charge >= 0.3 is 11.9 Å². The lowest BCUT2D eigenvalue weighted by Gasteiger charge is -2.48. The number of fused-ring (bicyclic) bond motifs is 4. The minimum atomic E-state index is -3.09. The van der Waals surface area contributed by atoms with Crippen molar-refractivity contribution in [3.63, 3.8) is 0 Å². The highest BCUT2D eigenvalue weighted by Gasteiger charge is 2.58. The van der Waals surface area contributed by atoms with Crippen molar-refractivity contribution in [3.8, 4) is 0 Å². The number of rotatable bonds is 15. The second-order valence-corrected chi connectivity index (χ2v) is 20.0. The molecule has 6 rings (SSSR count). The fourth-order valence-electron chi connectivity index (χ4n) is 9.24. The number of allylic oxidation sites excluding steroid dienone is 2. The quantitative estimate of drug-likeness (QED) is 0.0180. The molecule has 0 amide bonds. The molecule has 4 aliphatic heterocycles. The summed E-state index contributed by atoms with van der Waals surface area (Å²) in [6.45, 7) is -1.82. The van der Waals surface area contributed by atoms with E-state index in [1.165, 1.54) is 41.1 Å². The van der Waals surface area contributed by atoms with Gasteiger partial charge in [0.25, 0.3) is 0 Å². The van der Waals surface area contributed by atoms with Crippen molar-refractivity contribution < 1.29 is 79.2 Å². The van der Waals surface area contributed by atoms with Crippen LogP contribution < -0.4 is 16.4 Å². The first kappa shape index (κ1) is 53.1. The highest BCUT2D eigenvalue weighted by atomic mass is 33.1. The highest BCUT2D eigenvalue weighted by molar-refractivity contribution is 8.76. The molecule has 2 saturated carbocycles. The summed E-state index contributed by atoms with van der Waals surface area (Å²) < 4.78 is 30.8. The van der Waals surface area contributed by atoms with Crippen LogP contribution >= 0.6 is 21.6 Å². The summed E-state index contributed by atoms with van der Waals surface area (Å²) in [7, 11) is 4.44. The first-order valence-electron chi connectivity index (χ1n) is 22.8. The number of carboxylic acids is 1. The van der Waals surface area contributed by atoms with E-state index in [4.69, 9.17) is 29.4 Å². The molecule has 0 aromatic rings. The Morgan fingerprint density at radius 1 is 1.07 bits per heavy atom. The van der Waals surface area contributed by atoms with Gasteiger partial charge in [-0.1, -0.05) is 51.8 Å². The molecular formula is C44H67N5O16S2. The SMILES string of the molecule is CNC(CO)OC1C(OC2OC=C3C(=O)OC4CCC(CO)C4CSSCC(CO)N4C=C(C(=O)O)C(NC(N)=NCCCO)=C(C=CC3C2C=C2CCCCC2)C4)OC(CO)C(O)C1(O)O. The van der Waals surface area contributed by atoms with Gasteiger partial charge < -0.3 is 85.6 Å². The summed E-state index contributed by atoms with van der Waals surface area (Å²) >= 11 is 0. The minimum absolute atomic E-state index is 0.0675. The van der Waals surface area contributed by atoms with Gasteiger partial charge in [-0.3, -0.25) is 10.3 Å². The Morgan fingerprint density at radius 3 is 2.51 bits per heavy atom. The number of aliphatic carboxylic acids is 1. The van der Waals surface area contributed by atoms with Crippen LogP contribution in [-0.2, 0) is 33.3 Å². The van der Waals surface area contributed by atoms with Crippen LogP contribution in [0.1, 0.15) is 51.4 Å². The number of esters is 1. The Morgan fingerprint density at radius 2 is 1.84 bits per heavy atom. The van der Waals surface area contributed by atoms with Gasteiger partial charge in [-0.2, -0.15) is 0 Å². The standard InChI is InChI=1S/C44H67N5O16S2/c1-46-35(20-54)64-38-42(63-34(19-53)37(55)44(38,59)60)65-41-29(14-24-6-3-2-4-7-24)28-10-8-25-15-49(16-30(39(56)57)36(25)48-43(45)47-12-5-13-50)27(18-52)22-66-67-23-32-26(17-51)9-11-33(32)62-40(58)31(28)21-61-41/h8,10,14,16,21,26-29,32-35,37-38,41-42,46,50-55,59-60H,2-7,9,11-13,15,17-20,22-23H2,1H3,(H,56,57)(H3,45,47,48). The van der Waals surface area contributed by atoms with Crippen molar-refractivity contribution in [1.29, 1.82) is 0 Å². The fraction of sp³-hybridized carbons (Fsp3) is 0.705. The summed E-state index contributed by atoms with van der Waals surface area (Å²) in [6.07, 6.45) is 3.09. The van der Waals surface area contributed by atoms with E-state index in [0.717, 1.165) is 24.8 Å². The second kappa shape index (κ2) is 25.0. The number of carbonyl (C=O) groups excluding carboxylic acids is 1. The van der Waals surface area contributed by atoms with Crippen molar-refractivity contribution in [2.75, 3.05) is 64.7 Å². The number of aliphatic imine (C=N–C) groups is 1. The maximum Gasteiger partial charge on any atom is 0.339 e. The molecule has 12 atom stereocenters. The largest absolute Gasteiger partial charge is 0.478 e. The average molecular weight is 986 g/mol. The molecule has 21 nitrogen and oxygen atoms in total. The number of hydrogen-bond donors (Lipinski definition) is 12. The van der Waals surface area contributed by atoms with Crippen molar-refractivity contribution in [1.82, 2.24) is 15.5 Å². The number of guanidine groups is 1. The maximum atomic E-state index is 14.7. The predicted octanol–water partition coefficient (Wildman–Crippen LogP) is -0.885. The molecule has 0 aromatic heterocycles. The molecule has 376 valence electrons. The number of carboxylic acid groups (broad SMARTS) is 1. The maximum absolute atomic E-state index is 14.7. The summed E-state index contributed by atoms with van der Waals surface area (Å²) in [6, 6.07) is -0.545. The van der Waals surface area contributed by atoms with Crippen LogP contribution in [0.4, 0.5) is 0 Å². The zero-order chi connectivity index (χ0) is 48.3. The zero-order valence-electron chi connectivity index (χ0n) is 37.5. The van der Waals surface area contributed by atoms with Crippen LogP contribution in [0.3, 0.4) is 0 Å². The molecule has 0 spiro atoms. The Labute approximate surface area is 397 Å². The van der Waals surface area contributed by atoms with E-state index in [1.807, 2.05) is 6.08 Å². The van der Waals surface area contributed by atoms with Gasteiger partial charge in [-0.25, -0.2) is 9.59 Å². The fourth-order valence-corrected chi connectivity index (χ4v) is 12.0. The van der Waals surface area contributed by atoms with Crippen LogP contribution in [0.5, 0.6) is 0 Å². The van der Waals surface area contributed by atoms with Gasteiger partial charge in [0, 0.05) is 55.8 Å². The van der Waals surface area contributed by atoms with Crippen LogP contribution in [0.25, 0.3) is 0 Å². The smallest absolute Gasteiger partial charge is 0.339 e. The summed E-state index contributed by atoms with van der Waals surface area (Å²) in [4.78, 5) is 33.7. The van der Waals surface area contributed by atoms with Crippen molar-refractivity contribution in [2.45, 2.75) is 106 Å². The number of likely N-dealkylation sites (N-methyl/N-ethyl adjacent to an activating group) is 1. The third-order valence-electron chi connectivity index (χ3n) is 13.1. The van der Waals surface area contributed by atoms with E-state index in [0.29, 0.717) is 49.2 Å². The van der Waals surface area contributed by atoms with E-state index in [-0.39, 0.29) is 67.5 Å². The van der Waals surface area contributed by atoms with Gasteiger partial charge in [0.15, 0.2) is 18.4 Å². The topological polar surface area (TPSA) is 328 Å². The Kier molecular flexibility index (Phi) is 19.8. The number of hydrogen-bond acceptors (Lipinski definition) is 20. The lowest BCUT2D eigenvalue weighted by Crippen LogP contribution is -2.69. The predicted molar refractivity (Wildman–Crippen MR) is 245 cm³/mol. The number of ether oxygens (including phenoxy) is 5. The van der Waals surface area contributed by atoms with E-state index in [9.17, 15) is 55.5 Å². The Hall–Kier alpha value is -3.27. The lowest BCUT2D eigenvalue weighted by atomic mass is 9.80. The van der Waals surface area contributed by atoms with E-state index in [1.54, 1.807) is 17.1 Å². The third kappa shape index (κ3) is 12.9. The van der Waals surface area contributed by atoms with Gasteiger partial charge in [0.1, 0.15) is 24.5 Å². The molecule has 3 fully saturated rings. The molecule has 1 saturated heterocycles. The molecule has 13 N–H and O–H groups in total. The average Bonchev–Trinajstić information content (AvgIpc) is 3.70. The highest BCUT2D eigenvalue weighted by Crippen LogP contribution is 2.43. The molecule has 4 heterocycles. The van der Waals surface area contributed by atoms with Crippen molar-refractivity contribution in [2.24, 2.45) is 34.4 Å². The first-order valence-corrected chi connectivity index (χ1v) is 25.3. The normalized spacial score (nSPS) is 33.4. The zero-order valence-corrected chi connectivity index (χ0v) is 39.1. The van der Waals surface area contributed by atoms with Gasteiger partial charge in [0.2, 0.25) is 12.1 Å². The van der Waals surface area contributed by atoms with Crippen LogP contribution in [0.15, 0.2) is 63.7 Å². The van der Waals surface area contributed by atoms with Crippen LogP contribution in [0, 0.1) is 23.7 Å². The summed E-state index contributed by atoms with van der Waals surface area (Å²) in [5, 5.41) is 100. The van der Waals surface area contributed by atoms with Gasteiger partial charge in [0.05, 0.1) is 54.9 Å². The van der Waals surface area contributed by atoms with Gasteiger partial charge in [-0.05, 0) is 63.5 Å². The molecule has 67 heavy (non-hydrogen) atoms. The Balaban J connectivity index is 1.51. The van der Waals surface area contributed by atoms with Crippen LogP contribution in [-0.4, -0.2) is 188 Å². The number of carbonyl (C=O) groups is 2. The molecule has 12 unspecified atom stereocenters. The molecular weight excluding hydrogens is 919 g/mol. The number of nitrogens with two attached hydrogens (primary N) is 1. The number of nitrogens with one attached hydrogen (secondary N) is 2. The number of aliphatic hydroxyl groups is 8. The van der Waals surface area contributed by atoms with Crippen molar-refractivity contribution in [3.05, 3.63) is 58.7 Å². The molecule has 2 bridgehead atoms. The molecule has 23 heteroatoms. The summed E-state index contributed by atoms with van der Waals surface area (Å²) in [5.41, 5.74) is 7.67.